The molecule has 12 aromatic rings. The summed E-state index contributed by atoms with van der Waals surface area (Å²) in [7, 11) is 0. The first-order valence-corrected chi connectivity index (χ1v) is 35.3. The van der Waals surface area contributed by atoms with Gasteiger partial charge in [-0.3, -0.25) is 47.9 Å². The van der Waals surface area contributed by atoms with E-state index >= 15 is 0 Å². The summed E-state index contributed by atoms with van der Waals surface area (Å²) in [5.41, 5.74) is 7.58. The molecule has 6 aliphatic carbocycles. The summed E-state index contributed by atoms with van der Waals surface area (Å²) in [6.07, 6.45) is 13.4. The van der Waals surface area contributed by atoms with Crippen molar-refractivity contribution in [2.75, 3.05) is 0 Å². The predicted molar refractivity (Wildman–Crippen MR) is 402 cm³/mol. The number of carbonyl (C=O) groups is 11. The number of nitrogens with zero attached hydrogens (tertiary/aromatic N) is 4. The van der Waals surface area contributed by atoms with Crippen molar-refractivity contribution in [1.82, 2.24) is 20.6 Å². The van der Waals surface area contributed by atoms with E-state index in [-0.39, 0.29) is 138 Å². The number of aromatic carboxylic acids is 1. The Bertz CT molecular complexity index is 5430. The first kappa shape index (κ1) is 77.4. The Labute approximate surface area is 630 Å². The number of hydrogen-bond acceptors (Lipinski definition) is 19. The third-order valence-electron chi connectivity index (χ3n) is 21.2. The Hall–Kier alpha value is -10.7. The number of benzene rings is 8. The van der Waals surface area contributed by atoms with Gasteiger partial charge in [0.25, 0.3) is 0 Å². The summed E-state index contributed by atoms with van der Waals surface area (Å²) >= 11 is 0. The van der Waals surface area contributed by atoms with Crippen LogP contribution >= 0.6 is 0 Å². The Balaban J connectivity index is 0.000000141. The van der Waals surface area contributed by atoms with Gasteiger partial charge >= 0.3 is 5.97 Å². The summed E-state index contributed by atoms with van der Waals surface area (Å²) in [5, 5.41) is 36.3. The van der Waals surface area contributed by atoms with Crippen molar-refractivity contribution in [3.8, 4) is 0 Å². The molecule has 20 nitrogen and oxygen atoms in total. The number of ketones is 10. The molecule has 4 aromatic heterocycles. The van der Waals surface area contributed by atoms with Crippen molar-refractivity contribution in [3.63, 3.8) is 0 Å². The van der Waals surface area contributed by atoms with E-state index in [1.165, 1.54) is 31.7 Å². The van der Waals surface area contributed by atoms with E-state index in [0.29, 0.717) is 109 Å². The molecule has 18 rings (SSSR count). The van der Waals surface area contributed by atoms with E-state index in [1.54, 1.807) is 30.3 Å². The molecule has 6 fully saturated rings. The minimum atomic E-state index is -0.997. The van der Waals surface area contributed by atoms with Crippen LogP contribution in [0, 0.1) is 19.3 Å². The van der Waals surface area contributed by atoms with E-state index in [0.717, 1.165) is 106 Å². The van der Waals surface area contributed by atoms with Crippen molar-refractivity contribution >= 4 is 157 Å². The van der Waals surface area contributed by atoms with Gasteiger partial charge in [-0.2, -0.15) is 0 Å². The van der Waals surface area contributed by atoms with Crippen molar-refractivity contribution in [3.05, 3.63) is 180 Å². The van der Waals surface area contributed by atoms with Gasteiger partial charge in [0.2, 0.25) is 0 Å². The molecule has 548 valence electrons. The molecule has 0 aliphatic heterocycles. The van der Waals surface area contributed by atoms with Crippen LogP contribution in [0.1, 0.15) is 226 Å². The predicted octanol–water partition coefficient (Wildman–Crippen LogP) is 18.4. The van der Waals surface area contributed by atoms with Crippen molar-refractivity contribution in [2.24, 2.45) is 11.8 Å². The smallest absolute Gasteiger partial charge is 0.335 e. The van der Waals surface area contributed by atoms with Gasteiger partial charge in [-0.05, 0) is 154 Å². The van der Waals surface area contributed by atoms with Crippen LogP contribution in [0.3, 0.4) is 0 Å². The SMILES string of the molecule is C.C.C=Cc1ccc2c(ccc3onc(C4CCC(=O)CC4=O)c32)c1.O=C1CCC(c2noc3ccc4cc(C(=O)CCC5CC5)ccc4c23)C(=O)C1.O=C1CCC(c2noc3ccc4cc(C(=O)CCC5CC5)ccc4c23)C(=O)C1.O=C1CCC(c2noc3ccc4cc(C(=O)O)ccc4c23)C(=O)C1.[CH3-].[W]. The largest absolute Gasteiger partial charge is 0.478 e. The van der Waals surface area contributed by atoms with Gasteiger partial charge in [-0.15, -0.1) is 0 Å². The van der Waals surface area contributed by atoms with E-state index in [9.17, 15) is 52.7 Å². The van der Waals surface area contributed by atoms with Gasteiger partial charge in [0.1, 0.15) is 69.0 Å². The minimum absolute atomic E-state index is 0. The number of rotatable bonds is 14. The van der Waals surface area contributed by atoms with Crippen LogP contribution in [0.4, 0.5) is 0 Å². The molecule has 4 atom stereocenters. The second kappa shape index (κ2) is 32.6. The van der Waals surface area contributed by atoms with Crippen LogP contribution in [0.2, 0.25) is 0 Å². The monoisotopic (exact) mass is 1610 g/mol. The molecule has 1 N–H and O–H groups in total. The van der Waals surface area contributed by atoms with Crippen LogP contribution in [-0.4, -0.2) is 89.5 Å². The van der Waals surface area contributed by atoms with E-state index in [4.69, 9.17) is 23.2 Å². The van der Waals surface area contributed by atoms with E-state index < -0.39 is 23.7 Å². The van der Waals surface area contributed by atoms with E-state index in [2.05, 4.69) is 27.2 Å². The fourth-order valence-corrected chi connectivity index (χ4v) is 15.2. The average Bonchev–Trinajstić information content (AvgIpc) is 1.69. The molecule has 6 aliphatic rings. The molecule has 8 aromatic carbocycles. The molecule has 0 amide bonds. The Morgan fingerprint density at radius 2 is 0.673 bits per heavy atom. The summed E-state index contributed by atoms with van der Waals surface area (Å²) < 4.78 is 21.8. The number of carbonyl (C=O) groups excluding carboxylic acids is 10. The molecule has 21 heteroatoms. The van der Waals surface area contributed by atoms with Crippen LogP contribution in [0.5, 0.6) is 0 Å². The molecular formula is C86H81N4O16W-. The van der Waals surface area contributed by atoms with Gasteiger partial charge in [0.05, 0.1) is 76.5 Å². The fourth-order valence-electron chi connectivity index (χ4n) is 15.2. The number of aromatic nitrogens is 4. The molecule has 4 heterocycles. The van der Waals surface area contributed by atoms with Crippen LogP contribution in [-0.2, 0) is 59.4 Å². The third-order valence-corrected chi connectivity index (χ3v) is 21.2. The second-order valence-corrected chi connectivity index (χ2v) is 28.2. The first-order chi connectivity index (χ1) is 49.9. The number of carboxylic acids is 1. The van der Waals surface area contributed by atoms with Crippen molar-refractivity contribution in [2.45, 2.75) is 167 Å². The molecule has 0 saturated heterocycles. The topological polar surface area (TPSA) is 312 Å². The molecule has 107 heavy (non-hydrogen) atoms. The summed E-state index contributed by atoms with van der Waals surface area (Å²) in [5.74, 6) is -1.17. The quantitative estimate of drug-likeness (QED) is 0.0600. The minimum Gasteiger partial charge on any atom is -0.478 e. The van der Waals surface area contributed by atoms with Crippen LogP contribution in [0.25, 0.3) is 93.0 Å². The number of hydrogen-bond donors (Lipinski definition) is 1. The van der Waals surface area contributed by atoms with Crippen LogP contribution < -0.4 is 0 Å². The molecule has 4 unspecified atom stereocenters. The fraction of sp³-hybridized carbons (Fsp3) is 0.326. The standard InChI is InChI=1S/2C23H21NO4.C19H15NO3.C18H13NO5.2CH4.CH3.W/c2*25-16-6-8-18(20(27)12-16)23-22-17-7-4-15(19(26)9-3-13-1-2-13)11-14(17)5-10-21(22)28-24-23;1-2-11-3-6-14-12(9-11)4-8-17-18(14)19(20-23-17)15-7-5-13(21)10-16(15)22;20-11-3-5-13(14(21)8-11)17-16-12-4-1-10(18(22)23)7-9(12)2-6-15(16)24-19-17;;;;/h2*4-5,7,10-11,13,18H,1-3,6,8-9,12H2;2-4,6,8-9,15H,1,5,7,10H2;1-2,4,6-7,13H,3,5,8H2,(H,22,23);2*1H4;1H3;/q;;;;;;-1;. The third kappa shape index (κ3) is 16.0. The molecule has 0 spiro atoms. The zero-order chi connectivity index (χ0) is 71.3. The zero-order valence-corrected chi connectivity index (χ0v) is 60.6. The maximum absolute atomic E-state index is 12.5. The van der Waals surface area contributed by atoms with Gasteiger partial charge in [0, 0.05) is 70.7 Å². The van der Waals surface area contributed by atoms with Crippen molar-refractivity contribution in [1.29, 1.82) is 0 Å². The normalized spacial score (nSPS) is 18.7. The molecule has 0 bridgehead atoms. The van der Waals surface area contributed by atoms with Gasteiger partial charge in [0.15, 0.2) is 33.9 Å². The number of fused-ring (bicyclic) bond motifs is 12. The molecule has 6 saturated carbocycles. The summed E-state index contributed by atoms with van der Waals surface area (Å²) in [6, 6.07) is 37.2. The van der Waals surface area contributed by atoms with Gasteiger partial charge in [-0.25, -0.2) is 4.79 Å². The van der Waals surface area contributed by atoms with Gasteiger partial charge in [-0.1, -0.05) is 141 Å². The summed E-state index contributed by atoms with van der Waals surface area (Å²) in [4.78, 5) is 132. The molecular weight excluding hydrogens is 1530 g/mol. The maximum atomic E-state index is 12.5. The Morgan fingerprint density at radius 1 is 0.393 bits per heavy atom. The van der Waals surface area contributed by atoms with Crippen LogP contribution in [0.15, 0.2) is 146 Å². The number of Topliss-reactive ketones (excluding diaryl/α,β-unsaturated/α-hetero) is 10. The maximum Gasteiger partial charge on any atom is 0.335 e. The molecule has 0 radical (unpaired) electrons. The average molecular weight is 1610 g/mol. The second-order valence-electron chi connectivity index (χ2n) is 28.2. The Morgan fingerprint density at radius 3 is 0.953 bits per heavy atom. The number of carboxylic acid groups (broad SMARTS) is 1. The van der Waals surface area contributed by atoms with E-state index in [1.807, 2.05) is 91.0 Å². The zero-order valence-electron chi connectivity index (χ0n) is 57.7. The van der Waals surface area contributed by atoms with Gasteiger partial charge < -0.3 is 30.6 Å². The summed E-state index contributed by atoms with van der Waals surface area (Å²) in [6.45, 7) is 3.79. The Kier molecular flexibility index (Phi) is 23.5. The van der Waals surface area contributed by atoms with Crippen molar-refractivity contribution < 1.29 is 97.0 Å². The first-order valence-electron chi connectivity index (χ1n) is 35.3.